The second-order valence-electron chi connectivity index (χ2n) is 6.52. The van der Waals surface area contributed by atoms with Gasteiger partial charge in [-0.15, -0.1) is 0 Å². The number of carbonyl (C=O) groups is 1. The van der Waals surface area contributed by atoms with Gasteiger partial charge in [0.25, 0.3) is 5.56 Å². The van der Waals surface area contributed by atoms with Gasteiger partial charge in [0.05, 0.1) is 27.0 Å². The molecule has 0 fully saturated rings. The molecule has 160 valence electrons. The molecule has 0 saturated heterocycles. The van der Waals surface area contributed by atoms with Gasteiger partial charge in [-0.2, -0.15) is 4.39 Å². The van der Waals surface area contributed by atoms with Crippen LogP contribution < -0.4 is 20.7 Å². The predicted molar refractivity (Wildman–Crippen MR) is 112 cm³/mol. The van der Waals surface area contributed by atoms with E-state index in [2.05, 4.69) is 0 Å². The fourth-order valence-electron chi connectivity index (χ4n) is 2.83. The molecule has 0 unspecified atom stereocenters. The second-order valence-corrected chi connectivity index (χ2v) is 6.52. The molecule has 0 aliphatic rings. The number of aromatic nitrogens is 2. The molecule has 0 spiro atoms. The van der Waals surface area contributed by atoms with Crippen molar-refractivity contribution in [3.05, 3.63) is 85.9 Å². The van der Waals surface area contributed by atoms with Crippen molar-refractivity contribution in [2.75, 3.05) is 14.2 Å². The number of carbonyl (C=O) groups excluding carboxylic acids is 1. The number of nitrogens with zero attached hydrogens (tertiary/aromatic N) is 1. The summed E-state index contributed by atoms with van der Waals surface area (Å²) in [6, 6.07) is 9.85. The summed E-state index contributed by atoms with van der Waals surface area (Å²) in [5.41, 5.74) is -0.155. The maximum Gasteiger partial charge on any atom is 0.328 e. The van der Waals surface area contributed by atoms with Crippen LogP contribution in [-0.4, -0.2) is 34.7 Å². The Morgan fingerprint density at radius 3 is 2.23 bits per heavy atom. The summed E-state index contributed by atoms with van der Waals surface area (Å²) in [4.78, 5) is 37.0. The summed E-state index contributed by atoms with van der Waals surface area (Å²) in [5, 5.41) is 9.97. The average molecular weight is 426 g/mol. The van der Waals surface area contributed by atoms with Gasteiger partial charge in [-0.1, -0.05) is 36.4 Å². The lowest BCUT2D eigenvalue weighted by Crippen LogP contribution is -2.33. The third-order valence-electron chi connectivity index (χ3n) is 4.48. The van der Waals surface area contributed by atoms with E-state index in [-0.39, 0.29) is 17.2 Å². The van der Waals surface area contributed by atoms with E-state index >= 15 is 0 Å². The Bertz CT molecular complexity index is 1230. The first kappa shape index (κ1) is 21.6. The lowest BCUT2D eigenvalue weighted by molar-refractivity contribution is 0.0970. The molecular formula is C22H19FN2O6. The van der Waals surface area contributed by atoms with E-state index in [0.29, 0.717) is 11.8 Å². The number of ether oxygens (including phenoxy) is 2. The van der Waals surface area contributed by atoms with Crippen LogP contribution in [0.25, 0.3) is 12.2 Å². The van der Waals surface area contributed by atoms with Gasteiger partial charge in [0, 0.05) is 5.56 Å². The minimum absolute atomic E-state index is 0.0912. The molecule has 3 rings (SSSR count). The number of phenols is 1. The fraction of sp³-hybridized carbons (Fsp3) is 0.136. The van der Waals surface area contributed by atoms with E-state index in [1.807, 2.05) is 4.98 Å². The Balaban J connectivity index is 1.76. The highest BCUT2D eigenvalue weighted by Gasteiger charge is 2.11. The van der Waals surface area contributed by atoms with Crippen LogP contribution in [0.1, 0.15) is 21.5 Å². The Hall–Kier alpha value is -4.14. The largest absolute Gasteiger partial charge is 0.502 e. The van der Waals surface area contributed by atoms with Crippen LogP contribution in [0.4, 0.5) is 4.39 Å². The Kier molecular flexibility index (Phi) is 6.35. The number of benzene rings is 2. The number of Topliss-reactive ketones (excluding diaryl/α,β-unsaturated/α-hetero) is 1. The summed E-state index contributed by atoms with van der Waals surface area (Å²) >= 11 is 0. The number of hydrogen-bond acceptors (Lipinski definition) is 6. The zero-order valence-corrected chi connectivity index (χ0v) is 16.7. The molecule has 2 N–H and O–H groups in total. The van der Waals surface area contributed by atoms with E-state index in [1.165, 1.54) is 14.2 Å². The summed E-state index contributed by atoms with van der Waals surface area (Å²) in [7, 11) is 2.88. The first-order chi connectivity index (χ1) is 14.8. The molecule has 2 aromatic carbocycles. The van der Waals surface area contributed by atoms with Crippen molar-refractivity contribution in [1.82, 2.24) is 9.55 Å². The smallest absolute Gasteiger partial charge is 0.328 e. The maximum absolute atomic E-state index is 13.4. The van der Waals surface area contributed by atoms with E-state index in [9.17, 15) is 23.9 Å². The van der Waals surface area contributed by atoms with Gasteiger partial charge in [0.15, 0.2) is 17.3 Å². The van der Waals surface area contributed by atoms with E-state index in [1.54, 1.807) is 48.6 Å². The van der Waals surface area contributed by atoms with Crippen molar-refractivity contribution in [2.45, 2.75) is 6.54 Å². The second kappa shape index (κ2) is 9.12. The topological polar surface area (TPSA) is 111 Å². The monoisotopic (exact) mass is 426 g/mol. The number of hydrogen-bond donors (Lipinski definition) is 2. The van der Waals surface area contributed by atoms with Crippen LogP contribution in [0, 0.1) is 5.82 Å². The number of rotatable bonds is 7. The Morgan fingerprint density at radius 1 is 1.06 bits per heavy atom. The predicted octanol–water partition coefficient (Wildman–Crippen LogP) is 2.45. The van der Waals surface area contributed by atoms with Crippen LogP contribution in [0.15, 0.2) is 52.2 Å². The SMILES string of the molecule is COc1cc(/C=C/c2ccc(C(=O)Cn3cc(F)c(=O)[nH]c3=O)cc2)cc(OC)c1O. The maximum atomic E-state index is 13.4. The van der Waals surface area contributed by atoms with Crippen molar-refractivity contribution in [3.63, 3.8) is 0 Å². The van der Waals surface area contributed by atoms with E-state index in [0.717, 1.165) is 15.7 Å². The van der Waals surface area contributed by atoms with Gasteiger partial charge in [0.2, 0.25) is 11.6 Å². The van der Waals surface area contributed by atoms with Crippen LogP contribution >= 0.6 is 0 Å². The van der Waals surface area contributed by atoms with Crippen LogP contribution in [0.2, 0.25) is 0 Å². The van der Waals surface area contributed by atoms with Gasteiger partial charge in [-0.05, 0) is 23.3 Å². The van der Waals surface area contributed by atoms with Crippen molar-refractivity contribution in [1.29, 1.82) is 0 Å². The number of aromatic amines is 1. The summed E-state index contributed by atoms with van der Waals surface area (Å²) < 4.78 is 24.4. The molecule has 0 atom stereocenters. The molecule has 0 amide bonds. The zero-order valence-electron chi connectivity index (χ0n) is 16.7. The normalized spacial score (nSPS) is 10.9. The molecule has 1 aromatic heterocycles. The highest BCUT2D eigenvalue weighted by Crippen LogP contribution is 2.37. The summed E-state index contributed by atoms with van der Waals surface area (Å²) in [5.74, 6) is -1.11. The van der Waals surface area contributed by atoms with Gasteiger partial charge < -0.3 is 14.6 Å². The molecule has 8 nitrogen and oxygen atoms in total. The van der Waals surface area contributed by atoms with Crippen LogP contribution in [-0.2, 0) is 6.54 Å². The highest BCUT2D eigenvalue weighted by atomic mass is 19.1. The number of halogens is 1. The van der Waals surface area contributed by atoms with Crippen molar-refractivity contribution < 1.29 is 23.8 Å². The average Bonchev–Trinajstić information content (AvgIpc) is 2.77. The van der Waals surface area contributed by atoms with Crippen LogP contribution in [0.3, 0.4) is 0 Å². The highest BCUT2D eigenvalue weighted by molar-refractivity contribution is 5.96. The fourth-order valence-corrected chi connectivity index (χ4v) is 2.83. The van der Waals surface area contributed by atoms with Crippen molar-refractivity contribution >= 4 is 17.9 Å². The molecule has 0 aliphatic heterocycles. The molecule has 0 bridgehead atoms. The molecule has 3 aromatic rings. The summed E-state index contributed by atoms with van der Waals surface area (Å²) in [6.07, 6.45) is 4.28. The quantitative estimate of drug-likeness (QED) is 0.444. The standard InChI is InChI=1S/C22H19FN2O6/c1-30-18-9-14(10-19(31-2)20(18)27)4-3-13-5-7-15(8-6-13)17(26)12-25-11-16(23)21(28)24-22(25)29/h3-11,27H,12H2,1-2H3,(H,24,28,29)/b4-3+. The molecule has 9 heteroatoms. The molecule has 0 radical (unpaired) electrons. The van der Waals surface area contributed by atoms with Gasteiger partial charge >= 0.3 is 5.69 Å². The van der Waals surface area contributed by atoms with Gasteiger partial charge in [-0.3, -0.25) is 19.1 Å². The molecule has 0 aliphatic carbocycles. The van der Waals surface area contributed by atoms with Gasteiger partial charge in [-0.25, -0.2) is 4.79 Å². The minimum Gasteiger partial charge on any atom is -0.502 e. The van der Waals surface area contributed by atoms with Gasteiger partial charge in [0.1, 0.15) is 0 Å². The number of ketones is 1. The first-order valence-electron chi connectivity index (χ1n) is 9.08. The molecular weight excluding hydrogens is 407 g/mol. The Labute approximate surface area is 175 Å². The first-order valence-corrected chi connectivity index (χ1v) is 9.08. The number of methoxy groups -OCH3 is 2. The van der Waals surface area contributed by atoms with E-state index in [4.69, 9.17) is 9.47 Å². The molecule has 0 saturated carbocycles. The molecule has 1 heterocycles. The Morgan fingerprint density at radius 2 is 1.65 bits per heavy atom. The molecule has 31 heavy (non-hydrogen) atoms. The third-order valence-corrected chi connectivity index (χ3v) is 4.48. The minimum atomic E-state index is -1.14. The summed E-state index contributed by atoms with van der Waals surface area (Å²) in [6.45, 7) is -0.408. The zero-order chi connectivity index (χ0) is 22.5. The van der Waals surface area contributed by atoms with Crippen LogP contribution in [0.5, 0.6) is 17.2 Å². The lowest BCUT2D eigenvalue weighted by atomic mass is 10.1. The number of H-pyrrole nitrogens is 1. The number of phenolic OH excluding ortho intramolecular Hbond substituents is 1. The van der Waals surface area contributed by atoms with Crippen molar-refractivity contribution in [3.8, 4) is 17.2 Å². The number of aromatic hydroxyl groups is 1. The lowest BCUT2D eigenvalue weighted by Gasteiger charge is -2.09. The van der Waals surface area contributed by atoms with Crippen molar-refractivity contribution in [2.24, 2.45) is 0 Å². The third kappa shape index (κ3) is 4.89. The van der Waals surface area contributed by atoms with E-state index < -0.39 is 29.4 Å². The number of nitrogens with one attached hydrogen (secondary N) is 1.